The fraction of sp³-hybridized carbons (Fsp3) is 0.222. The molecule has 0 atom stereocenters. The maximum absolute atomic E-state index is 8.46. The van der Waals surface area contributed by atoms with Crippen molar-refractivity contribution in [2.24, 2.45) is 5.16 Å². The molecule has 2 nitrogen and oxygen atoms in total. The van der Waals surface area contributed by atoms with E-state index in [2.05, 4.69) is 21.1 Å². The first-order chi connectivity index (χ1) is 5.74. The van der Waals surface area contributed by atoms with E-state index in [-0.39, 0.29) is 0 Å². The van der Waals surface area contributed by atoms with Crippen molar-refractivity contribution in [1.29, 1.82) is 0 Å². The van der Waals surface area contributed by atoms with E-state index in [1.807, 2.05) is 24.3 Å². The summed E-state index contributed by atoms with van der Waals surface area (Å²) in [4.78, 5) is 0. The number of hydrogen-bond acceptors (Lipinski definition) is 2. The number of nitrogens with zero attached hydrogens (tertiary/aromatic N) is 1. The minimum Gasteiger partial charge on any atom is -0.411 e. The van der Waals surface area contributed by atoms with Crippen molar-refractivity contribution in [3.05, 3.63) is 34.3 Å². The predicted octanol–water partition coefficient (Wildman–Crippen LogP) is 2.84. The number of benzene rings is 1. The van der Waals surface area contributed by atoms with Crippen LogP contribution < -0.4 is 0 Å². The molecule has 1 aromatic carbocycles. The van der Waals surface area contributed by atoms with E-state index in [1.54, 1.807) is 6.92 Å². The second-order valence-corrected chi connectivity index (χ2v) is 3.46. The molecule has 1 N–H and O–H groups in total. The zero-order valence-corrected chi connectivity index (χ0v) is 8.37. The number of halogens is 1. The monoisotopic (exact) mass is 227 g/mol. The highest BCUT2D eigenvalue weighted by Gasteiger charge is 1.99. The van der Waals surface area contributed by atoms with E-state index in [1.165, 1.54) is 0 Å². The maximum atomic E-state index is 8.46. The molecule has 0 fully saturated rings. The van der Waals surface area contributed by atoms with Gasteiger partial charge in [-0.3, -0.25) is 0 Å². The largest absolute Gasteiger partial charge is 0.411 e. The molecule has 64 valence electrons. The van der Waals surface area contributed by atoms with Crippen LogP contribution in [0.1, 0.15) is 12.5 Å². The van der Waals surface area contributed by atoms with E-state index in [4.69, 9.17) is 5.21 Å². The fourth-order valence-electron chi connectivity index (χ4n) is 0.953. The van der Waals surface area contributed by atoms with Gasteiger partial charge in [-0.25, -0.2) is 0 Å². The molecule has 0 bridgehead atoms. The Morgan fingerprint density at radius 3 is 2.75 bits per heavy atom. The van der Waals surface area contributed by atoms with E-state index in [0.717, 1.165) is 10.0 Å². The molecule has 1 rings (SSSR count). The first-order valence-corrected chi connectivity index (χ1v) is 4.44. The molecule has 0 saturated carbocycles. The highest BCUT2D eigenvalue weighted by molar-refractivity contribution is 9.10. The molecule has 0 unspecified atom stereocenters. The lowest BCUT2D eigenvalue weighted by atomic mass is 10.1. The van der Waals surface area contributed by atoms with Crippen LogP contribution in [0.25, 0.3) is 0 Å². The van der Waals surface area contributed by atoms with E-state index in [9.17, 15) is 0 Å². The zero-order chi connectivity index (χ0) is 8.97. The molecular weight excluding hydrogens is 218 g/mol. The number of rotatable bonds is 2. The summed E-state index contributed by atoms with van der Waals surface area (Å²) in [6.45, 7) is 1.79. The van der Waals surface area contributed by atoms with Gasteiger partial charge < -0.3 is 5.21 Å². The Morgan fingerprint density at radius 1 is 1.50 bits per heavy atom. The van der Waals surface area contributed by atoms with Gasteiger partial charge in [0.05, 0.1) is 5.71 Å². The Hall–Kier alpha value is -0.830. The van der Waals surface area contributed by atoms with Gasteiger partial charge in [-0.1, -0.05) is 39.3 Å². The summed E-state index contributed by atoms with van der Waals surface area (Å²) < 4.78 is 1.05. The van der Waals surface area contributed by atoms with Crippen LogP contribution in [0.15, 0.2) is 33.9 Å². The zero-order valence-electron chi connectivity index (χ0n) is 6.79. The van der Waals surface area contributed by atoms with Crippen LogP contribution >= 0.6 is 15.9 Å². The minimum absolute atomic E-state index is 0.678. The third-order valence-electron chi connectivity index (χ3n) is 1.57. The van der Waals surface area contributed by atoms with Crippen LogP contribution in [-0.2, 0) is 6.42 Å². The van der Waals surface area contributed by atoms with Crippen molar-refractivity contribution >= 4 is 21.6 Å². The number of oxime groups is 1. The molecule has 0 aromatic heterocycles. The molecule has 0 aliphatic rings. The number of hydrogen-bond donors (Lipinski definition) is 1. The van der Waals surface area contributed by atoms with Gasteiger partial charge in [0.2, 0.25) is 0 Å². The lowest BCUT2D eigenvalue weighted by Crippen LogP contribution is -1.97. The van der Waals surface area contributed by atoms with Gasteiger partial charge in [0, 0.05) is 10.9 Å². The summed E-state index contributed by atoms with van der Waals surface area (Å²) in [5.41, 5.74) is 1.84. The summed E-state index contributed by atoms with van der Waals surface area (Å²) in [7, 11) is 0. The molecule has 0 spiro atoms. The van der Waals surface area contributed by atoms with Gasteiger partial charge in [-0.2, -0.15) is 0 Å². The highest BCUT2D eigenvalue weighted by Crippen LogP contribution is 2.16. The smallest absolute Gasteiger partial charge is 0.0584 e. The van der Waals surface area contributed by atoms with Crippen molar-refractivity contribution in [2.45, 2.75) is 13.3 Å². The summed E-state index contributed by atoms with van der Waals surface area (Å²) in [5, 5.41) is 11.6. The maximum Gasteiger partial charge on any atom is 0.0584 e. The van der Waals surface area contributed by atoms with Crippen LogP contribution in [-0.4, -0.2) is 10.9 Å². The summed E-state index contributed by atoms with van der Waals surface area (Å²) >= 11 is 3.42. The molecule has 3 heteroatoms. The van der Waals surface area contributed by atoms with Crippen LogP contribution in [0.4, 0.5) is 0 Å². The SMILES string of the molecule is C/C(Cc1ccccc1Br)=N\O. The van der Waals surface area contributed by atoms with Gasteiger partial charge >= 0.3 is 0 Å². The summed E-state index contributed by atoms with van der Waals surface area (Å²) in [6, 6.07) is 7.89. The van der Waals surface area contributed by atoms with Gasteiger partial charge in [0.25, 0.3) is 0 Å². The molecule has 0 aliphatic carbocycles. The lowest BCUT2D eigenvalue weighted by Gasteiger charge is -2.01. The molecule has 12 heavy (non-hydrogen) atoms. The quantitative estimate of drug-likeness (QED) is 0.471. The van der Waals surface area contributed by atoms with Gasteiger partial charge in [0.1, 0.15) is 0 Å². The Balaban J connectivity index is 2.82. The van der Waals surface area contributed by atoms with Crippen LogP contribution in [0.5, 0.6) is 0 Å². The third kappa shape index (κ3) is 2.34. The highest BCUT2D eigenvalue weighted by atomic mass is 79.9. The Bertz CT molecular complexity index is 296. The van der Waals surface area contributed by atoms with E-state index >= 15 is 0 Å². The Kier molecular flexibility index (Phi) is 3.29. The molecular formula is C9H10BrNO. The fourth-order valence-corrected chi connectivity index (χ4v) is 1.38. The van der Waals surface area contributed by atoms with Gasteiger partial charge in [-0.05, 0) is 18.6 Å². The summed E-state index contributed by atoms with van der Waals surface area (Å²) in [6.07, 6.45) is 0.678. The van der Waals surface area contributed by atoms with Crippen LogP contribution in [0.2, 0.25) is 0 Å². The topological polar surface area (TPSA) is 32.6 Å². The van der Waals surface area contributed by atoms with Crippen LogP contribution in [0, 0.1) is 0 Å². The second kappa shape index (κ2) is 4.26. The van der Waals surface area contributed by atoms with Crippen molar-refractivity contribution < 1.29 is 5.21 Å². The van der Waals surface area contributed by atoms with Crippen molar-refractivity contribution in [3.8, 4) is 0 Å². The van der Waals surface area contributed by atoms with Crippen molar-refractivity contribution in [2.75, 3.05) is 0 Å². The van der Waals surface area contributed by atoms with Gasteiger partial charge in [0.15, 0.2) is 0 Å². The molecule has 0 amide bonds. The normalized spacial score (nSPS) is 11.7. The minimum atomic E-state index is 0.678. The van der Waals surface area contributed by atoms with Crippen molar-refractivity contribution in [1.82, 2.24) is 0 Å². The average Bonchev–Trinajstić information content (AvgIpc) is 2.09. The standard InChI is InChI=1S/C9H10BrNO/c1-7(11-12)6-8-4-2-3-5-9(8)10/h2-5,12H,6H2,1H3/b11-7+. The Morgan fingerprint density at radius 2 is 2.17 bits per heavy atom. The first kappa shape index (κ1) is 9.26. The van der Waals surface area contributed by atoms with Gasteiger partial charge in [-0.15, -0.1) is 0 Å². The molecule has 0 saturated heterocycles. The molecule has 1 aromatic rings. The van der Waals surface area contributed by atoms with E-state index in [0.29, 0.717) is 12.1 Å². The second-order valence-electron chi connectivity index (χ2n) is 2.60. The third-order valence-corrected chi connectivity index (χ3v) is 2.35. The predicted molar refractivity (Wildman–Crippen MR) is 52.7 cm³/mol. The molecule has 0 heterocycles. The van der Waals surface area contributed by atoms with Crippen molar-refractivity contribution in [3.63, 3.8) is 0 Å². The first-order valence-electron chi connectivity index (χ1n) is 3.65. The van der Waals surface area contributed by atoms with Crippen LogP contribution in [0.3, 0.4) is 0 Å². The molecule has 0 aliphatic heterocycles. The molecule has 0 radical (unpaired) electrons. The average molecular weight is 228 g/mol. The summed E-state index contributed by atoms with van der Waals surface area (Å²) in [5.74, 6) is 0. The lowest BCUT2D eigenvalue weighted by molar-refractivity contribution is 0.317. The Labute approximate surface area is 80.0 Å². The van der Waals surface area contributed by atoms with E-state index < -0.39 is 0 Å².